The van der Waals surface area contributed by atoms with E-state index < -0.39 is 27.5 Å². The minimum absolute atomic E-state index is 0.0439. The number of pyridine rings is 1. The second-order valence-electron chi connectivity index (χ2n) is 4.67. The molecule has 1 aromatic carbocycles. The van der Waals surface area contributed by atoms with Gasteiger partial charge in [0, 0.05) is 11.8 Å². The summed E-state index contributed by atoms with van der Waals surface area (Å²) in [5, 5.41) is 2.90. The predicted molar refractivity (Wildman–Crippen MR) is 75.7 cm³/mol. The smallest absolute Gasteiger partial charge is 0.192 e. The molecule has 1 atom stereocenters. The molecule has 0 spiro atoms. The fraction of sp³-hybridized carbons (Fsp3) is 0.214. The zero-order chi connectivity index (χ0) is 15.6. The van der Waals surface area contributed by atoms with Crippen LogP contribution < -0.4 is 5.32 Å². The maximum Gasteiger partial charge on any atom is 0.192 e. The van der Waals surface area contributed by atoms with Crippen LogP contribution in [0.25, 0.3) is 0 Å². The summed E-state index contributed by atoms with van der Waals surface area (Å²) in [7, 11) is -3.36. The van der Waals surface area contributed by atoms with Gasteiger partial charge >= 0.3 is 0 Å². The molecule has 112 valence electrons. The lowest BCUT2D eigenvalue weighted by Gasteiger charge is -2.16. The number of sulfone groups is 1. The van der Waals surface area contributed by atoms with E-state index >= 15 is 0 Å². The minimum atomic E-state index is -3.36. The second kappa shape index (κ2) is 5.77. The Morgan fingerprint density at radius 1 is 1.19 bits per heavy atom. The van der Waals surface area contributed by atoms with Crippen LogP contribution in [-0.2, 0) is 9.84 Å². The van der Waals surface area contributed by atoms with Gasteiger partial charge in [-0.05, 0) is 25.1 Å². The van der Waals surface area contributed by atoms with E-state index in [2.05, 4.69) is 10.3 Å². The first kappa shape index (κ1) is 15.4. The number of nitrogens with zero attached hydrogens (tertiary/aromatic N) is 1. The number of aromatic nitrogens is 1. The molecule has 1 heterocycles. The van der Waals surface area contributed by atoms with Crippen LogP contribution in [-0.4, -0.2) is 19.7 Å². The average molecular weight is 312 g/mol. The number of hydrogen-bond acceptors (Lipinski definition) is 4. The van der Waals surface area contributed by atoms with Gasteiger partial charge in [-0.2, -0.15) is 0 Å². The normalized spacial score (nSPS) is 13.0. The van der Waals surface area contributed by atoms with Gasteiger partial charge in [-0.1, -0.05) is 12.1 Å². The third-order valence-corrected chi connectivity index (χ3v) is 3.95. The molecule has 0 saturated heterocycles. The van der Waals surface area contributed by atoms with Crippen molar-refractivity contribution in [3.63, 3.8) is 0 Å². The molecule has 0 aliphatic rings. The van der Waals surface area contributed by atoms with Crippen LogP contribution >= 0.6 is 0 Å². The molecule has 0 aliphatic carbocycles. The Hall–Kier alpha value is -2.02. The molecule has 0 radical (unpaired) electrons. The van der Waals surface area contributed by atoms with Crippen LogP contribution in [0.5, 0.6) is 0 Å². The highest BCUT2D eigenvalue weighted by Crippen LogP contribution is 2.23. The van der Waals surface area contributed by atoms with E-state index in [0.29, 0.717) is 5.69 Å². The second-order valence-corrected chi connectivity index (χ2v) is 6.63. The van der Waals surface area contributed by atoms with Crippen molar-refractivity contribution in [1.82, 2.24) is 4.98 Å². The van der Waals surface area contributed by atoms with Crippen LogP contribution in [0, 0.1) is 11.6 Å². The summed E-state index contributed by atoms with van der Waals surface area (Å²) in [6.45, 7) is 1.67. The lowest BCUT2D eigenvalue weighted by molar-refractivity contribution is 0.494. The Labute approximate surface area is 121 Å². The van der Waals surface area contributed by atoms with Crippen molar-refractivity contribution >= 4 is 15.5 Å². The largest absolute Gasteiger partial charge is 0.377 e. The molecule has 1 unspecified atom stereocenters. The fourth-order valence-electron chi connectivity index (χ4n) is 1.87. The monoisotopic (exact) mass is 312 g/mol. The van der Waals surface area contributed by atoms with Gasteiger partial charge in [-0.25, -0.2) is 22.2 Å². The van der Waals surface area contributed by atoms with Gasteiger partial charge in [0.15, 0.2) is 26.5 Å². The summed E-state index contributed by atoms with van der Waals surface area (Å²) >= 11 is 0. The summed E-state index contributed by atoms with van der Waals surface area (Å²) in [4.78, 5) is 3.82. The maximum atomic E-state index is 13.7. The van der Waals surface area contributed by atoms with E-state index in [1.807, 2.05) is 0 Å². The Morgan fingerprint density at radius 3 is 2.48 bits per heavy atom. The molecule has 0 bridgehead atoms. The standard InChI is InChI=1S/C14H14F2N2O2S/c1-9(11-4-3-5-12(15)14(11)16)18-10-6-7-13(17-8-10)21(2,19)20/h3-9,18H,1-2H3. The molecular formula is C14H14F2N2O2S. The molecule has 2 aromatic rings. The number of nitrogens with one attached hydrogen (secondary N) is 1. The van der Waals surface area contributed by atoms with Crippen LogP contribution in [0.15, 0.2) is 41.6 Å². The molecule has 1 aromatic heterocycles. The van der Waals surface area contributed by atoms with Crippen molar-refractivity contribution in [1.29, 1.82) is 0 Å². The van der Waals surface area contributed by atoms with Crippen LogP contribution in [0.2, 0.25) is 0 Å². The predicted octanol–water partition coefficient (Wildman–Crippen LogP) is 2.94. The molecule has 4 nitrogen and oxygen atoms in total. The number of halogens is 2. The summed E-state index contributed by atoms with van der Waals surface area (Å²) in [6.07, 6.45) is 2.40. The number of hydrogen-bond donors (Lipinski definition) is 1. The number of benzene rings is 1. The Kier molecular flexibility index (Phi) is 4.22. The molecule has 0 amide bonds. The van der Waals surface area contributed by atoms with Gasteiger partial charge in [0.2, 0.25) is 0 Å². The van der Waals surface area contributed by atoms with Gasteiger partial charge in [0.25, 0.3) is 0 Å². The molecular weight excluding hydrogens is 298 g/mol. The third-order valence-electron chi connectivity index (χ3n) is 2.95. The van der Waals surface area contributed by atoms with Crippen molar-refractivity contribution in [3.8, 4) is 0 Å². The zero-order valence-corrected chi connectivity index (χ0v) is 12.3. The summed E-state index contributed by atoms with van der Waals surface area (Å²) in [5.74, 6) is -1.81. The Bertz CT molecular complexity index is 746. The van der Waals surface area contributed by atoms with Gasteiger partial charge in [0.05, 0.1) is 17.9 Å². The van der Waals surface area contributed by atoms with Gasteiger partial charge in [-0.15, -0.1) is 0 Å². The van der Waals surface area contributed by atoms with Crippen LogP contribution in [0.1, 0.15) is 18.5 Å². The van der Waals surface area contributed by atoms with E-state index in [1.165, 1.54) is 30.5 Å². The zero-order valence-electron chi connectivity index (χ0n) is 11.5. The maximum absolute atomic E-state index is 13.7. The Morgan fingerprint density at radius 2 is 1.90 bits per heavy atom. The molecule has 0 fully saturated rings. The highest BCUT2D eigenvalue weighted by Gasteiger charge is 2.14. The summed E-state index contributed by atoms with van der Waals surface area (Å²) in [5.41, 5.74) is 0.695. The summed E-state index contributed by atoms with van der Waals surface area (Å²) in [6, 6.07) is 6.34. The van der Waals surface area contributed by atoms with Crippen molar-refractivity contribution in [2.45, 2.75) is 18.0 Å². The first-order valence-electron chi connectivity index (χ1n) is 6.15. The first-order valence-corrected chi connectivity index (χ1v) is 8.04. The lowest BCUT2D eigenvalue weighted by atomic mass is 10.1. The van der Waals surface area contributed by atoms with E-state index in [0.717, 1.165) is 12.3 Å². The van der Waals surface area contributed by atoms with E-state index in [1.54, 1.807) is 6.92 Å². The highest BCUT2D eigenvalue weighted by atomic mass is 32.2. The fourth-order valence-corrected chi connectivity index (χ4v) is 2.43. The third kappa shape index (κ3) is 3.55. The molecule has 0 saturated carbocycles. The van der Waals surface area contributed by atoms with E-state index in [4.69, 9.17) is 0 Å². The number of rotatable bonds is 4. The van der Waals surface area contributed by atoms with Crippen molar-refractivity contribution in [3.05, 3.63) is 53.7 Å². The van der Waals surface area contributed by atoms with E-state index in [9.17, 15) is 17.2 Å². The van der Waals surface area contributed by atoms with Gasteiger partial charge < -0.3 is 5.32 Å². The molecule has 0 aliphatic heterocycles. The van der Waals surface area contributed by atoms with Gasteiger partial charge in [0.1, 0.15) is 0 Å². The summed E-state index contributed by atoms with van der Waals surface area (Å²) < 4.78 is 49.4. The first-order chi connectivity index (χ1) is 9.79. The quantitative estimate of drug-likeness (QED) is 0.943. The minimum Gasteiger partial charge on any atom is -0.377 e. The topological polar surface area (TPSA) is 59.1 Å². The highest BCUT2D eigenvalue weighted by molar-refractivity contribution is 7.90. The van der Waals surface area contributed by atoms with E-state index in [-0.39, 0.29) is 10.6 Å². The van der Waals surface area contributed by atoms with Crippen molar-refractivity contribution in [2.75, 3.05) is 11.6 Å². The van der Waals surface area contributed by atoms with Crippen molar-refractivity contribution < 1.29 is 17.2 Å². The lowest BCUT2D eigenvalue weighted by Crippen LogP contribution is -2.10. The van der Waals surface area contributed by atoms with Crippen molar-refractivity contribution in [2.24, 2.45) is 0 Å². The van der Waals surface area contributed by atoms with Crippen LogP contribution in [0.3, 0.4) is 0 Å². The molecule has 2 rings (SSSR count). The van der Waals surface area contributed by atoms with Gasteiger partial charge in [-0.3, -0.25) is 0 Å². The molecule has 1 N–H and O–H groups in total. The average Bonchev–Trinajstić information content (AvgIpc) is 2.41. The molecule has 21 heavy (non-hydrogen) atoms. The van der Waals surface area contributed by atoms with Crippen LogP contribution in [0.4, 0.5) is 14.5 Å². The SMILES string of the molecule is CC(Nc1ccc(S(C)(=O)=O)nc1)c1cccc(F)c1F. The molecule has 7 heteroatoms. The number of anilines is 1. The Balaban J connectivity index is 2.20.